The van der Waals surface area contributed by atoms with E-state index in [-0.39, 0.29) is 43.2 Å². The van der Waals surface area contributed by atoms with E-state index in [1.807, 2.05) is 48.0 Å². The number of cyclic esters (lactones) is 1. The Balaban J connectivity index is 0.000000212. The summed E-state index contributed by atoms with van der Waals surface area (Å²) in [6, 6.07) is 17.3. The molecular formula is C51H72BrO23P3S3Si. The van der Waals surface area contributed by atoms with Gasteiger partial charge in [-0.05, 0) is 127 Å². The zero-order valence-corrected chi connectivity index (χ0v) is 53.3. The van der Waals surface area contributed by atoms with Crippen molar-refractivity contribution in [2.45, 2.75) is 128 Å². The van der Waals surface area contributed by atoms with Crippen molar-refractivity contribution in [3.63, 3.8) is 0 Å². The van der Waals surface area contributed by atoms with Gasteiger partial charge in [-0.25, -0.2) is 18.5 Å². The number of hydrogen-bond acceptors (Lipinski definition) is 22. The van der Waals surface area contributed by atoms with Crippen LogP contribution < -0.4 is 14.2 Å². The molecule has 458 valence electrons. The number of thiophene rings is 3. The zero-order valence-electron chi connectivity index (χ0n) is 45.6. The lowest BCUT2D eigenvalue weighted by Crippen LogP contribution is -2.46. The van der Waals surface area contributed by atoms with Crippen LogP contribution in [0.5, 0.6) is 17.2 Å². The molecule has 9 N–H and O–H groups in total. The van der Waals surface area contributed by atoms with Gasteiger partial charge in [-0.3, -0.25) is 4.52 Å². The van der Waals surface area contributed by atoms with Gasteiger partial charge in [0.1, 0.15) is 78.3 Å². The van der Waals surface area contributed by atoms with E-state index in [4.69, 9.17) is 52.6 Å². The van der Waals surface area contributed by atoms with E-state index in [0.29, 0.717) is 22.6 Å². The minimum Gasteiger partial charge on any atom is -0.496 e. The van der Waals surface area contributed by atoms with Crippen molar-refractivity contribution in [2.75, 3.05) is 34.5 Å². The van der Waals surface area contributed by atoms with Crippen molar-refractivity contribution in [1.29, 1.82) is 0 Å². The van der Waals surface area contributed by atoms with Crippen molar-refractivity contribution in [3.8, 4) is 17.2 Å². The van der Waals surface area contributed by atoms with Crippen LogP contribution in [0.4, 0.5) is 0 Å². The normalized spacial score (nSPS) is 26.0. The molecule has 0 radical (unpaired) electrons. The minimum atomic E-state index is -5.68. The van der Waals surface area contributed by atoms with E-state index in [2.05, 4.69) is 87.4 Å². The van der Waals surface area contributed by atoms with E-state index < -0.39 is 87.2 Å². The Morgan fingerprint density at radius 2 is 1.10 bits per heavy atom. The lowest BCUT2D eigenvalue weighted by atomic mass is 10.00. The number of methoxy groups -OCH3 is 3. The Labute approximate surface area is 496 Å². The lowest BCUT2D eigenvalue weighted by Gasteiger charge is -2.38. The topological polar surface area (TPSA) is 343 Å². The second-order valence-electron chi connectivity index (χ2n) is 20.3. The van der Waals surface area contributed by atoms with Crippen molar-refractivity contribution < 1.29 is 110 Å². The van der Waals surface area contributed by atoms with Crippen molar-refractivity contribution in [1.82, 2.24) is 0 Å². The fourth-order valence-electron chi connectivity index (χ4n) is 8.54. The molecule has 0 amide bonds. The summed E-state index contributed by atoms with van der Waals surface area (Å²) in [5.74, 6) is 1.85. The van der Waals surface area contributed by atoms with Crippen LogP contribution in [0, 0.1) is 5.92 Å². The number of rotatable bonds is 16. The predicted octanol–water partition coefficient (Wildman–Crippen LogP) is 10.1. The highest BCUT2D eigenvalue weighted by Crippen LogP contribution is 2.66. The highest BCUT2D eigenvalue weighted by atomic mass is 79.9. The lowest BCUT2D eigenvalue weighted by molar-refractivity contribution is -0.146. The average molecular weight is 1350 g/mol. The molecule has 9 rings (SSSR count). The molecular weight excluding hydrogens is 1280 g/mol. The molecule has 23 nitrogen and oxygen atoms in total. The molecule has 0 bridgehead atoms. The Morgan fingerprint density at radius 1 is 0.659 bits per heavy atom. The Morgan fingerprint density at radius 3 is 1.50 bits per heavy atom. The van der Waals surface area contributed by atoms with Gasteiger partial charge in [-0.1, -0.05) is 42.0 Å². The van der Waals surface area contributed by atoms with Crippen LogP contribution in [0.3, 0.4) is 0 Å². The number of halogens is 1. The standard InChI is InChI=1S/C14H19O14P3S.C14H16O5S.C13H26O3Si.C9H7BrOS.CH4/c1-24-9-4-7-2-3-32-11(7)5-8(9)14-13(16)12(15)10(26-14)6-25-30(20,21)28-31(22,23)27-29(17,18)19;1-18-9-4-7-2-3-20-11(7)5-8(9)14-13(17)12(16)10(6-15)19-14;1-8-10-9(2)11(12(14)15-10)16-17(6,7)13(3,4)5;1-11-8-4-6-2-3-12-9(6)5-7(8)10;/h2-5,10,12-16H,6H2,1H3,(H,20,21)(H,22,23)(H2,17,18,19);2-5,10,12-17H,6H2,1H3;9-11H,8H2,1-7H3;2-5H,1H3;1H4/t2*10-,12?,13+,14+;9?,10-,11+;;/m111../s1. The number of benzene rings is 3. The fourth-order valence-corrected chi connectivity index (χ4v) is 16.0. The monoisotopic (exact) mass is 1350 g/mol. The maximum absolute atomic E-state index is 11.9. The maximum atomic E-state index is 11.9. The van der Waals surface area contributed by atoms with Gasteiger partial charge in [-0.2, -0.15) is 8.62 Å². The van der Waals surface area contributed by atoms with Crippen LogP contribution in [-0.4, -0.2) is 143 Å². The molecule has 6 heterocycles. The third-order valence-corrected chi connectivity index (χ3v) is 25.4. The summed E-state index contributed by atoms with van der Waals surface area (Å²) in [5.41, 5.74) is 1.08. The third kappa shape index (κ3) is 17.2. The van der Waals surface area contributed by atoms with Gasteiger partial charge in [0.25, 0.3) is 0 Å². The number of carbonyl (C=O) groups excluding carboxylic acids is 1. The summed E-state index contributed by atoms with van der Waals surface area (Å²) in [6.07, 6.45) is -8.73. The third-order valence-electron chi connectivity index (χ3n) is 13.9. The highest BCUT2D eigenvalue weighted by Gasteiger charge is 2.50. The number of aliphatic hydroxyl groups excluding tert-OH is 5. The largest absolute Gasteiger partial charge is 0.496 e. The van der Waals surface area contributed by atoms with Gasteiger partial charge in [0.05, 0.1) is 39.0 Å². The van der Waals surface area contributed by atoms with E-state index in [9.17, 15) is 43.8 Å². The molecule has 3 aliphatic rings. The molecule has 3 saturated heterocycles. The van der Waals surface area contributed by atoms with Crippen LogP contribution >= 0.6 is 73.4 Å². The van der Waals surface area contributed by atoms with Crippen molar-refractivity contribution in [3.05, 3.63) is 86.3 Å². The Kier molecular flexibility index (Phi) is 24.6. The number of fused-ring (bicyclic) bond motifs is 3. The number of carbonyl (C=O) groups is 1. The Hall–Kier alpha value is -2.80. The first-order chi connectivity index (χ1) is 37.8. The predicted molar refractivity (Wildman–Crippen MR) is 317 cm³/mol. The molecule has 5 unspecified atom stereocenters. The first-order valence-corrected chi connectivity index (χ1v) is 35.8. The number of phosphoric ester groups is 1. The quantitative estimate of drug-likeness (QED) is 0.0247. The van der Waals surface area contributed by atoms with Crippen molar-refractivity contribution in [2.24, 2.45) is 5.92 Å². The molecule has 82 heavy (non-hydrogen) atoms. The summed E-state index contributed by atoms with van der Waals surface area (Å²) in [7, 11) is -13.9. The number of phosphoric acid groups is 3. The molecule has 6 aromatic rings. The van der Waals surface area contributed by atoms with E-state index in [1.54, 1.807) is 49.0 Å². The second-order valence-corrected chi connectivity index (χ2v) is 33.2. The van der Waals surface area contributed by atoms with Gasteiger partial charge in [0.15, 0.2) is 8.32 Å². The smallest absolute Gasteiger partial charge is 0.490 e. The molecule has 31 heteroatoms. The van der Waals surface area contributed by atoms with Crippen LogP contribution in [0.25, 0.3) is 30.3 Å². The fraction of sp³-hybridized carbons (Fsp3) is 0.510. The molecule has 3 aliphatic heterocycles. The van der Waals surface area contributed by atoms with Crippen molar-refractivity contribution >= 4 is 118 Å². The molecule has 0 spiro atoms. The maximum Gasteiger partial charge on any atom is 0.490 e. The first-order valence-electron chi connectivity index (χ1n) is 24.9. The van der Waals surface area contributed by atoms with Gasteiger partial charge < -0.3 is 78.0 Å². The average Bonchev–Trinajstić information content (AvgIpc) is 4.47. The minimum absolute atomic E-state index is 0. The SMILES string of the molecule is C.CC[C@H]1OC(=O)[C@@H](O[Si](C)(C)C(C)(C)C)C1C.COc1cc2ccsc2cc1Br.COc1cc2ccsc2cc1[C@@H]1O[C@H](CO)C(O)[C@@H]1O.COc1cc2ccsc2cc1[C@@H]1O[C@H](COP(=O)(O)OP(=O)(O)OP(=O)(O)O)C(O)[C@@H]1O. The molecule has 0 saturated carbocycles. The molecule has 0 aliphatic carbocycles. The summed E-state index contributed by atoms with van der Waals surface area (Å²) >= 11 is 8.18. The summed E-state index contributed by atoms with van der Waals surface area (Å²) in [5, 5.41) is 59.0. The zero-order chi connectivity index (χ0) is 60.2. The molecule has 3 fully saturated rings. The molecule has 3 aromatic carbocycles. The second kappa shape index (κ2) is 28.8. The van der Waals surface area contributed by atoms with Crippen LogP contribution in [0.2, 0.25) is 18.1 Å². The van der Waals surface area contributed by atoms with Gasteiger partial charge in [0.2, 0.25) is 0 Å². The number of hydrogen-bond donors (Lipinski definition) is 9. The van der Waals surface area contributed by atoms with Gasteiger partial charge in [0, 0.05) is 31.1 Å². The highest BCUT2D eigenvalue weighted by molar-refractivity contribution is 9.10. The van der Waals surface area contributed by atoms with E-state index >= 15 is 0 Å². The molecule has 13 atom stereocenters. The van der Waals surface area contributed by atoms with Crippen LogP contribution in [-0.2, 0) is 50.3 Å². The van der Waals surface area contributed by atoms with Gasteiger partial charge >= 0.3 is 29.4 Å². The van der Waals surface area contributed by atoms with E-state index in [1.165, 1.54) is 28.5 Å². The van der Waals surface area contributed by atoms with E-state index in [0.717, 1.165) is 36.8 Å². The number of ether oxygens (including phenoxy) is 6. The summed E-state index contributed by atoms with van der Waals surface area (Å²) < 4.78 is 88.3. The number of aliphatic hydroxyl groups is 5. The van der Waals surface area contributed by atoms with Crippen LogP contribution in [0.15, 0.2) is 75.2 Å². The molecule has 3 aromatic heterocycles. The van der Waals surface area contributed by atoms with Crippen LogP contribution in [0.1, 0.15) is 71.8 Å². The summed E-state index contributed by atoms with van der Waals surface area (Å²) in [4.78, 5) is 47.6. The summed E-state index contributed by atoms with van der Waals surface area (Å²) in [6.45, 7) is 13.8. The number of esters is 1. The van der Waals surface area contributed by atoms with Gasteiger partial charge in [-0.15, -0.1) is 34.0 Å². The first kappa shape index (κ1) is 70.0. The Bertz CT molecular complexity index is 3240.